The van der Waals surface area contributed by atoms with Gasteiger partial charge in [-0.1, -0.05) is 43.7 Å². The third-order valence-corrected chi connectivity index (χ3v) is 9.85. The highest BCUT2D eigenvalue weighted by atomic mass is 31.2. The predicted molar refractivity (Wildman–Crippen MR) is 165 cm³/mol. The van der Waals surface area contributed by atoms with Crippen LogP contribution in [0.4, 0.5) is 0 Å². The smallest absolute Gasteiger partial charge is 0.397 e. The minimum absolute atomic E-state index is 0.0937. The summed E-state index contributed by atoms with van der Waals surface area (Å²) >= 11 is 0. The molecule has 1 spiro atoms. The van der Waals surface area contributed by atoms with E-state index >= 15 is 0 Å². The Bertz CT molecular complexity index is 1410. The van der Waals surface area contributed by atoms with E-state index in [2.05, 4.69) is 26.0 Å². The van der Waals surface area contributed by atoms with Crippen LogP contribution in [0.3, 0.4) is 0 Å². The van der Waals surface area contributed by atoms with E-state index in [4.69, 9.17) is 31.9 Å². The molecule has 10 heteroatoms. The van der Waals surface area contributed by atoms with Gasteiger partial charge in [0.1, 0.15) is 23.0 Å². The molecule has 226 valence electrons. The Labute approximate surface area is 251 Å². The molecule has 2 saturated heterocycles. The van der Waals surface area contributed by atoms with Gasteiger partial charge < -0.3 is 37.0 Å². The fraction of sp³-hybridized carbons (Fsp3) is 0.438. The minimum atomic E-state index is -1.63. The molecule has 5 rings (SSSR count). The number of hydrogen-bond acceptors (Lipinski definition) is 8. The minimum Gasteiger partial charge on any atom is -0.507 e. The highest BCUT2D eigenvalue weighted by molar-refractivity contribution is 7.42. The Balaban J connectivity index is 1.24. The highest BCUT2D eigenvalue weighted by Crippen LogP contribution is 2.54. The van der Waals surface area contributed by atoms with Crippen molar-refractivity contribution in [2.45, 2.75) is 53.9 Å². The van der Waals surface area contributed by atoms with Crippen LogP contribution in [0.1, 0.15) is 58.7 Å². The van der Waals surface area contributed by atoms with Crippen molar-refractivity contribution < 1.29 is 37.0 Å². The van der Waals surface area contributed by atoms with Crippen LogP contribution < -0.4 is 13.8 Å². The molecule has 2 heterocycles. The first-order chi connectivity index (χ1) is 20.1. The molecule has 2 aliphatic rings. The van der Waals surface area contributed by atoms with Crippen molar-refractivity contribution in [2.24, 2.45) is 5.41 Å². The molecular formula is C32H40O8P2. The Hall–Kier alpha value is -2.44. The fourth-order valence-corrected chi connectivity index (χ4v) is 7.84. The second-order valence-corrected chi connectivity index (χ2v) is 13.6. The molecule has 2 fully saturated rings. The van der Waals surface area contributed by atoms with Crippen molar-refractivity contribution >= 4 is 17.2 Å². The maximum absolute atomic E-state index is 10.9. The summed E-state index contributed by atoms with van der Waals surface area (Å²) in [5, 5.41) is 10.9. The summed E-state index contributed by atoms with van der Waals surface area (Å²) in [5.41, 5.74) is 6.62. The van der Waals surface area contributed by atoms with Crippen molar-refractivity contribution in [3.05, 3.63) is 81.4 Å². The number of rotatable bonds is 8. The normalized spacial score (nSPS) is 23.0. The van der Waals surface area contributed by atoms with Crippen LogP contribution in [0.2, 0.25) is 0 Å². The number of phenolic OH excluding ortho intramolecular Hbond substituents is 1. The second kappa shape index (κ2) is 13.1. The van der Waals surface area contributed by atoms with Crippen LogP contribution in [0, 0.1) is 33.1 Å². The van der Waals surface area contributed by atoms with Gasteiger partial charge in [-0.05, 0) is 74.6 Å². The van der Waals surface area contributed by atoms with Crippen LogP contribution >= 0.6 is 17.2 Å². The van der Waals surface area contributed by atoms with E-state index in [-0.39, 0.29) is 5.92 Å². The van der Waals surface area contributed by atoms with E-state index in [9.17, 15) is 5.11 Å². The molecule has 0 aromatic heterocycles. The topological polar surface area (TPSA) is 84.8 Å². The lowest BCUT2D eigenvalue weighted by Gasteiger charge is -2.41. The van der Waals surface area contributed by atoms with Gasteiger partial charge >= 0.3 is 17.2 Å². The van der Waals surface area contributed by atoms with Crippen molar-refractivity contribution in [1.82, 2.24) is 0 Å². The van der Waals surface area contributed by atoms with Gasteiger partial charge in [-0.25, -0.2) is 0 Å². The summed E-state index contributed by atoms with van der Waals surface area (Å²) in [4.78, 5) is 0. The standard InChI is InChI=1S/C32H40O8P2/c1-8-25-13-23(5)31(28(15-25)24(6)27-12-20(2)11-22(4)30(27)33)40-42-37-18-32(19-38-42)16-35-41(36-17-32)39-26-9-10-29(34-7)21(3)14-26/h9-15,24,33H,8,16-19H2,1-7H3. The molecule has 42 heavy (non-hydrogen) atoms. The molecule has 8 nitrogen and oxygen atoms in total. The number of methoxy groups -OCH3 is 1. The number of benzene rings is 3. The summed E-state index contributed by atoms with van der Waals surface area (Å²) in [7, 11) is -1.51. The van der Waals surface area contributed by atoms with Crippen LogP contribution in [0.5, 0.6) is 23.0 Å². The number of aromatic hydroxyl groups is 1. The van der Waals surface area contributed by atoms with Crippen LogP contribution in [-0.2, 0) is 24.5 Å². The molecule has 0 radical (unpaired) electrons. The van der Waals surface area contributed by atoms with Crippen LogP contribution in [0.25, 0.3) is 0 Å². The zero-order chi connectivity index (χ0) is 30.0. The Morgan fingerprint density at radius 2 is 1.45 bits per heavy atom. The third-order valence-electron chi connectivity index (χ3n) is 7.80. The summed E-state index contributed by atoms with van der Waals surface area (Å²) in [6.45, 7) is 13.8. The van der Waals surface area contributed by atoms with Gasteiger partial charge in [0.15, 0.2) is 0 Å². The zero-order valence-corrected chi connectivity index (χ0v) is 27.1. The van der Waals surface area contributed by atoms with Crippen molar-refractivity contribution in [2.75, 3.05) is 33.5 Å². The molecule has 3 aromatic carbocycles. The summed E-state index contributed by atoms with van der Waals surface area (Å²) in [6, 6.07) is 14.0. The van der Waals surface area contributed by atoms with Crippen LogP contribution in [-0.4, -0.2) is 38.6 Å². The molecule has 2 aliphatic heterocycles. The SMILES string of the molecule is CCc1cc(C)c(OP2OCC3(COP(Oc4ccc(OC)c(C)c4)OC3)CO2)c(C(C)c2cc(C)cc(C)c2O)c1. The van der Waals surface area contributed by atoms with E-state index in [1.165, 1.54) is 5.56 Å². The molecular weight excluding hydrogens is 574 g/mol. The average molecular weight is 615 g/mol. The average Bonchev–Trinajstić information content (AvgIpc) is 2.98. The van der Waals surface area contributed by atoms with Gasteiger partial charge in [-0.3, -0.25) is 0 Å². The first-order valence-corrected chi connectivity index (χ1v) is 16.4. The Morgan fingerprint density at radius 1 is 0.810 bits per heavy atom. The van der Waals surface area contributed by atoms with E-state index < -0.39 is 22.6 Å². The largest absolute Gasteiger partial charge is 0.507 e. The Morgan fingerprint density at radius 3 is 2.05 bits per heavy atom. The van der Waals surface area contributed by atoms with Crippen LogP contribution in [0.15, 0.2) is 42.5 Å². The molecule has 0 aliphatic carbocycles. The predicted octanol–water partition coefficient (Wildman–Crippen LogP) is 8.34. The lowest BCUT2D eigenvalue weighted by atomic mass is 9.87. The van der Waals surface area contributed by atoms with E-state index in [0.717, 1.165) is 51.3 Å². The first-order valence-electron chi connectivity index (χ1n) is 14.2. The second-order valence-electron chi connectivity index (χ2n) is 11.3. The fourth-order valence-electron chi connectivity index (χ4n) is 5.28. The van der Waals surface area contributed by atoms with Crippen molar-refractivity contribution in [1.29, 1.82) is 0 Å². The van der Waals surface area contributed by atoms with Gasteiger partial charge in [0.05, 0.1) is 39.0 Å². The van der Waals surface area contributed by atoms with Gasteiger partial charge in [-0.15, -0.1) is 0 Å². The molecule has 0 amide bonds. The first kappa shape index (κ1) is 31.0. The summed E-state index contributed by atoms with van der Waals surface area (Å²) in [5.74, 6) is 2.44. The number of ether oxygens (including phenoxy) is 1. The number of aryl methyl sites for hydroxylation is 5. The summed E-state index contributed by atoms with van der Waals surface area (Å²) < 4.78 is 42.0. The van der Waals surface area contributed by atoms with E-state index in [1.807, 2.05) is 58.0 Å². The maximum Gasteiger partial charge on any atom is 0.397 e. The Kier molecular flexibility index (Phi) is 9.63. The zero-order valence-electron chi connectivity index (χ0n) is 25.4. The van der Waals surface area contributed by atoms with E-state index in [0.29, 0.717) is 37.9 Å². The highest BCUT2D eigenvalue weighted by Gasteiger charge is 2.45. The number of phenols is 1. The lowest BCUT2D eigenvalue weighted by Crippen LogP contribution is -2.45. The molecule has 0 bridgehead atoms. The van der Waals surface area contributed by atoms with Crippen molar-refractivity contribution in [3.63, 3.8) is 0 Å². The van der Waals surface area contributed by atoms with Gasteiger partial charge in [0.25, 0.3) is 0 Å². The third kappa shape index (κ3) is 6.70. The molecule has 0 saturated carbocycles. The maximum atomic E-state index is 10.9. The summed E-state index contributed by atoms with van der Waals surface area (Å²) in [6.07, 6.45) is 0.897. The molecule has 3 aromatic rings. The quantitative estimate of drug-likeness (QED) is 0.254. The van der Waals surface area contributed by atoms with Gasteiger partial charge in [-0.2, -0.15) is 0 Å². The van der Waals surface area contributed by atoms with Gasteiger partial charge in [0.2, 0.25) is 0 Å². The molecule has 1 N–H and O–H groups in total. The van der Waals surface area contributed by atoms with E-state index in [1.54, 1.807) is 7.11 Å². The molecule has 1 unspecified atom stereocenters. The van der Waals surface area contributed by atoms with Crippen molar-refractivity contribution in [3.8, 4) is 23.0 Å². The lowest BCUT2D eigenvalue weighted by molar-refractivity contribution is -0.0673. The number of hydrogen-bond donors (Lipinski definition) is 1. The molecule has 1 atom stereocenters. The van der Waals surface area contributed by atoms with Gasteiger partial charge in [0, 0.05) is 17.0 Å². The monoisotopic (exact) mass is 614 g/mol.